The average Bonchev–Trinajstić information content (AvgIpc) is 3.13. The summed E-state index contributed by atoms with van der Waals surface area (Å²) < 4.78 is 59.0. The Bertz CT molecular complexity index is 1340. The molecule has 0 saturated carbocycles. The standard InChI is InChI=1S/C27H24F4N2O4/c1-14-3-6-18(7-4-14)32-26(36)33-23-12-16(21-13-17(28)5-8-20(21)25(34)35)11-22-19(9-10-27(29,30)31)15(2)37-24(22)23/h3-8,11-13,15,19H,9-10H2,1-2H3,(H,34,35)(H2,32,33,36)/t15-,19?/m0/s1. The Hall–Kier alpha value is -4.08. The summed E-state index contributed by atoms with van der Waals surface area (Å²) >= 11 is 0. The van der Waals surface area contributed by atoms with Crippen LogP contribution in [-0.4, -0.2) is 29.4 Å². The number of aromatic carboxylic acids is 1. The number of urea groups is 1. The Balaban J connectivity index is 1.77. The van der Waals surface area contributed by atoms with Crippen molar-refractivity contribution in [2.45, 2.75) is 44.9 Å². The number of carbonyl (C=O) groups excluding carboxylic acids is 1. The molecule has 3 aromatic rings. The summed E-state index contributed by atoms with van der Waals surface area (Å²) in [6, 6.07) is 12.5. The van der Waals surface area contributed by atoms with Crippen molar-refractivity contribution in [3.8, 4) is 16.9 Å². The molecule has 1 aliphatic rings. The SMILES string of the molecule is Cc1ccc(NC(=O)Nc2cc(-c3cc(F)ccc3C(=O)O)cc3c2O[C@@H](C)C3CCC(F)(F)F)cc1. The van der Waals surface area contributed by atoms with E-state index in [4.69, 9.17) is 4.74 Å². The summed E-state index contributed by atoms with van der Waals surface area (Å²) in [5.41, 5.74) is 2.04. The van der Waals surface area contributed by atoms with Crippen molar-refractivity contribution in [1.82, 2.24) is 0 Å². The van der Waals surface area contributed by atoms with Gasteiger partial charge in [0.2, 0.25) is 0 Å². The van der Waals surface area contributed by atoms with Crippen molar-refractivity contribution >= 4 is 23.4 Å². The molecule has 37 heavy (non-hydrogen) atoms. The lowest BCUT2D eigenvalue weighted by Gasteiger charge is -2.17. The third-order valence-corrected chi connectivity index (χ3v) is 6.21. The molecular formula is C27H24F4N2O4. The molecule has 0 spiro atoms. The first kappa shape index (κ1) is 26.0. The third-order valence-electron chi connectivity index (χ3n) is 6.21. The molecule has 3 aromatic carbocycles. The van der Waals surface area contributed by atoms with Crippen LogP contribution in [0.15, 0.2) is 54.6 Å². The van der Waals surface area contributed by atoms with E-state index in [1.807, 2.05) is 6.92 Å². The van der Waals surface area contributed by atoms with E-state index in [1.54, 1.807) is 31.2 Å². The van der Waals surface area contributed by atoms with E-state index in [0.29, 0.717) is 11.3 Å². The molecule has 1 heterocycles. The van der Waals surface area contributed by atoms with E-state index in [-0.39, 0.29) is 34.5 Å². The number of ether oxygens (including phenoxy) is 1. The predicted molar refractivity (Wildman–Crippen MR) is 131 cm³/mol. The van der Waals surface area contributed by atoms with Crippen LogP contribution in [0.2, 0.25) is 0 Å². The van der Waals surface area contributed by atoms with Gasteiger partial charge in [0, 0.05) is 23.6 Å². The number of carboxylic acid groups (broad SMARTS) is 1. The molecule has 0 fully saturated rings. The van der Waals surface area contributed by atoms with Crippen molar-refractivity contribution in [3.63, 3.8) is 0 Å². The monoisotopic (exact) mass is 516 g/mol. The van der Waals surface area contributed by atoms with Crippen LogP contribution in [0.3, 0.4) is 0 Å². The molecule has 10 heteroatoms. The minimum atomic E-state index is -4.38. The molecule has 0 radical (unpaired) electrons. The molecule has 2 amide bonds. The largest absolute Gasteiger partial charge is 0.488 e. The summed E-state index contributed by atoms with van der Waals surface area (Å²) in [5.74, 6) is -2.49. The lowest BCUT2D eigenvalue weighted by molar-refractivity contribution is -0.136. The number of hydrogen-bond donors (Lipinski definition) is 3. The maximum atomic E-state index is 14.1. The highest BCUT2D eigenvalue weighted by molar-refractivity contribution is 6.02. The highest BCUT2D eigenvalue weighted by Crippen LogP contribution is 2.48. The van der Waals surface area contributed by atoms with Crippen molar-refractivity contribution < 1.29 is 37.0 Å². The zero-order chi connectivity index (χ0) is 26.9. The normalized spacial score (nSPS) is 16.6. The lowest BCUT2D eigenvalue weighted by Crippen LogP contribution is -2.20. The minimum absolute atomic E-state index is 0.0198. The number of alkyl halides is 3. The Kier molecular flexibility index (Phi) is 7.11. The first-order valence-corrected chi connectivity index (χ1v) is 11.5. The highest BCUT2D eigenvalue weighted by atomic mass is 19.4. The number of carboxylic acids is 1. The summed E-state index contributed by atoms with van der Waals surface area (Å²) in [5, 5.41) is 14.9. The number of amides is 2. The average molecular weight is 516 g/mol. The summed E-state index contributed by atoms with van der Waals surface area (Å²) in [6.45, 7) is 3.52. The van der Waals surface area contributed by atoms with Crippen LogP contribution in [0, 0.1) is 12.7 Å². The Morgan fingerprint density at radius 1 is 1.03 bits per heavy atom. The van der Waals surface area contributed by atoms with Gasteiger partial charge >= 0.3 is 18.2 Å². The van der Waals surface area contributed by atoms with Crippen LogP contribution in [0.25, 0.3) is 11.1 Å². The second-order valence-corrected chi connectivity index (χ2v) is 8.97. The number of nitrogens with one attached hydrogen (secondary N) is 2. The molecule has 6 nitrogen and oxygen atoms in total. The topological polar surface area (TPSA) is 87.7 Å². The number of benzene rings is 3. The van der Waals surface area contributed by atoms with E-state index < -0.39 is 42.4 Å². The van der Waals surface area contributed by atoms with Crippen LogP contribution < -0.4 is 15.4 Å². The van der Waals surface area contributed by atoms with Gasteiger partial charge in [-0.05, 0) is 73.9 Å². The number of halogens is 4. The molecule has 3 N–H and O–H groups in total. The first-order chi connectivity index (χ1) is 17.4. The zero-order valence-corrected chi connectivity index (χ0v) is 19.9. The quantitative estimate of drug-likeness (QED) is 0.299. The van der Waals surface area contributed by atoms with Crippen molar-refractivity contribution in [1.29, 1.82) is 0 Å². The molecule has 1 unspecified atom stereocenters. The van der Waals surface area contributed by atoms with Gasteiger partial charge < -0.3 is 20.5 Å². The number of carbonyl (C=O) groups is 2. The Morgan fingerprint density at radius 3 is 2.38 bits per heavy atom. The number of hydrogen-bond acceptors (Lipinski definition) is 3. The second-order valence-electron chi connectivity index (χ2n) is 8.97. The van der Waals surface area contributed by atoms with Gasteiger partial charge in [-0.2, -0.15) is 13.2 Å². The van der Waals surface area contributed by atoms with Gasteiger partial charge in [-0.15, -0.1) is 0 Å². The van der Waals surface area contributed by atoms with E-state index in [9.17, 15) is 32.3 Å². The number of fused-ring (bicyclic) bond motifs is 1. The van der Waals surface area contributed by atoms with Gasteiger partial charge in [0.05, 0.1) is 11.3 Å². The molecule has 0 aliphatic carbocycles. The van der Waals surface area contributed by atoms with Gasteiger partial charge in [0.25, 0.3) is 0 Å². The fourth-order valence-electron chi connectivity index (χ4n) is 4.40. The maximum Gasteiger partial charge on any atom is 0.389 e. The van der Waals surface area contributed by atoms with Crippen molar-refractivity contribution in [3.05, 3.63) is 77.1 Å². The fourth-order valence-corrected chi connectivity index (χ4v) is 4.40. The van der Waals surface area contributed by atoms with Gasteiger partial charge in [0.15, 0.2) is 0 Å². The van der Waals surface area contributed by atoms with E-state index in [0.717, 1.165) is 23.8 Å². The van der Waals surface area contributed by atoms with E-state index in [1.165, 1.54) is 12.1 Å². The second kappa shape index (κ2) is 10.1. The number of anilines is 2. The molecule has 1 aliphatic heterocycles. The summed E-state index contributed by atoms with van der Waals surface area (Å²) in [7, 11) is 0. The van der Waals surface area contributed by atoms with Crippen LogP contribution in [0.5, 0.6) is 5.75 Å². The van der Waals surface area contributed by atoms with E-state index >= 15 is 0 Å². The van der Waals surface area contributed by atoms with E-state index in [2.05, 4.69) is 10.6 Å². The lowest BCUT2D eigenvalue weighted by atomic mass is 9.88. The summed E-state index contributed by atoms with van der Waals surface area (Å²) in [6.07, 6.45) is -6.34. The molecule has 0 aromatic heterocycles. The van der Waals surface area contributed by atoms with Gasteiger partial charge in [0.1, 0.15) is 17.7 Å². The molecule has 194 valence electrons. The smallest absolute Gasteiger partial charge is 0.389 e. The number of aryl methyl sites for hydroxylation is 1. The van der Waals surface area contributed by atoms with Crippen LogP contribution >= 0.6 is 0 Å². The van der Waals surface area contributed by atoms with Crippen LogP contribution in [0.1, 0.15) is 47.2 Å². The Labute approximate surface area is 210 Å². The maximum absolute atomic E-state index is 14.1. The summed E-state index contributed by atoms with van der Waals surface area (Å²) in [4.78, 5) is 24.6. The predicted octanol–water partition coefficient (Wildman–Crippen LogP) is 7.35. The van der Waals surface area contributed by atoms with Gasteiger partial charge in [-0.25, -0.2) is 14.0 Å². The molecule has 0 saturated heterocycles. The fraction of sp³-hybridized carbons (Fsp3) is 0.259. The Morgan fingerprint density at radius 2 is 1.73 bits per heavy atom. The molecular weight excluding hydrogens is 492 g/mol. The molecule has 2 atom stereocenters. The first-order valence-electron chi connectivity index (χ1n) is 11.5. The third kappa shape index (κ3) is 6.02. The highest BCUT2D eigenvalue weighted by Gasteiger charge is 2.37. The van der Waals surface area contributed by atoms with Crippen LogP contribution in [0.4, 0.5) is 33.7 Å². The number of rotatable bonds is 6. The zero-order valence-electron chi connectivity index (χ0n) is 19.9. The van der Waals surface area contributed by atoms with Crippen molar-refractivity contribution in [2.24, 2.45) is 0 Å². The van der Waals surface area contributed by atoms with Crippen LogP contribution in [-0.2, 0) is 0 Å². The van der Waals surface area contributed by atoms with Gasteiger partial charge in [-0.3, -0.25) is 0 Å². The molecule has 4 rings (SSSR count). The molecule has 0 bridgehead atoms. The minimum Gasteiger partial charge on any atom is -0.488 e. The van der Waals surface area contributed by atoms with Crippen molar-refractivity contribution in [2.75, 3.05) is 10.6 Å². The van der Waals surface area contributed by atoms with Gasteiger partial charge in [-0.1, -0.05) is 17.7 Å².